The van der Waals surface area contributed by atoms with Crippen molar-refractivity contribution in [2.45, 2.75) is 6.92 Å². The molecule has 8 heavy (non-hydrogen) atoms. The van der Waals surface area contributed by atoms with E-state index in [2.05, 4.69) is 9.59 Å². The van der Waals surface area contributed by atoms with Gasteiger partial charge in [0.05, 0.1) is 12.3 Å². The fourth-order valence-corrected chi connectivity index (χ4v) is 0.408. The van der Waals surface area contributed by atoms with Gasteiger partial charge in [-0.15, -0.1) is 5.10 Å². The minimum atomic E-state index is 1.35. The lowest BCUT2D eigenvalue weighted by Gasteiger charge is -1.40. The van der Waals surface area contributed by atoms with Crippen LogP contribution in [0.2, 0.25) is 0 Å². The van der Waals surface area contributed by atoms with Gasteiger partial charge in [0.2, 0.25) is 0 Å². The molecule has 4 heteroatoms. The van der Waals surface area contributed by atoms with Gasteiger partial charge in [-0.25, -0.2) is 0 Å². The van der Waals surface area contributed by atoms with Crippen molar-refractivity contribution in [2.75, 3.05) is 0 Å². The van der Waals surface area contributed by atoms with Crippen molar-refractivity contribution in [3.8, 4) is 6.07 Å². The Morgan fingerprint density at radius 2 is 2.38 bits per heavy atom. The van der Waals surface area contributed by atoms with Crippen LogP contribution in [0, 0.1) is 11.3 Å². The molecule has 1 rings (SSSR count). The van der Waals surface area contributed by atoms with E-state index in [9.17, 15) is 0 Å². The highest BCUT2D eigenvalue weighted by atomic mass is 32.1. The maximum absolute atomic E-state index is 7.32. The van der Waals surface area contributed by atoms with Crippen LogP contribution >= 0.6 is 11.5 Å². The molecule has 0 N–H and O–H groups in total. The first kappa shape index (κ1) is 7.05. The summed E-state index contributed by atoms with van der Waals surface area (Å²) in [6.45, 7) is 1.43. The Bertz CT molecular complexity index is 124. The van der Waals surface area contributed by atoms with Crippen LogP contribution in [0.4, 0.5) is 0 Å². The molecule has 0 bridgehead atoms. The molecule has 0 aliphatic carbocycles. The normalized spacial score (nSPS) is 6.00. The SMILES string of the molecule is CC#N.c1csnn1. The van der Waals surface area contributed by atoms with Gasteiger partial charge in [-0.05, 0) is 11.5 Å². The molecule has 0 aliphatic rings. The molecule has 1 aromatic heterocycles. The van der Waals surface area contributed by atoms with Crippen molar-refractivity contribution in [3.05, 3.63) is 11.6 Å². The van der Waals surface area contributed by atoms with Crippen LogP contribution in [-0.4, -0.2) is 9.59 Å². The summed E-state index contributed by atoms with van der Waals surface area (Å²) >= 11 is 1.35. The van der Waals surface area contributed by atoms with E-state index in [-0.39, 0.29) is 0 Å². The van der Waals surface area contributed by atoms with Crippen LogP contribution in [0.1, 0.15) is 6.92 Å². The van der Waals surface area contributed by atoms with Gasteiger partial charge in [-0.1, -0.05) is 4.49 Å². The summed E-state index contributed by atoms with van der Waals surface area (Å²) in [5.74, 6) is 0. The van der Waals surface area contributed by atoms with Gasteiger partial charge in [0, 0.05) is 12.3 Å². The van der Waals surface area contributed by atoms with E-state index in [0.29, 0.717) is 0 Å². The Balaban J connectivity index is 0.000000145. The third-order valence-corrected chi connectivity index (χ3v) is 0.715. The molecule has 0 atom stereocenters. The lowest BCUT2D eigenvalue weighted by Crippen LogP contribution is -1.51. The second-order valence-electron chi connectivity index (χ2n) is 0.811. The number of nitriles is 1. The topological polar surface area (TPSA) is 49.6 Å². The molecule has 0 radical (unpaired) electrons. The third kappa shape index (κ3) is 5.05. The van der Waals surface area contributed by atoms with Gasteiger partial charge in [0.15, 0.2) is 0 Å². The van der Waals surface area contributed by atoms with E-state index < -0.39 is 0 Å². The number of aromatic nitrogens is 2. The van der Waals surface area contributed by atoms with Crippen LogP contribution in [0.3, 0.4) is 0 Å². The highest BCUT2D eigenvalue weighted by Gasteiger charge is 1.61. The van der Waals surface area contributed by atoms with Gasteiger partial charge in [0.1, 0.15) is 0 Å². The fraction of sp³-hybridized carbons (Fsp3) is 0.250. The van der Waals surface area contributed by atoms with Crippen molar-refractivity contribution in [3.63, 3.8) is 0 Å². The molecule has 0 aromatic carbocycles. The zero-order valence-corrected chi connectivity index (χ0v) is 5.22. The second-order valence-corrected chi connectivity index (χ2v) is 1.46. The summed E-state index contributed by atoms with van der Waals surface area (Å²) in [6.07, 6.45) is 1.66. The molecule has 0 spiro atoms. The maximum Gasteiger partial charge on any atom is 0.0620 e. The molecular formula is C4H5N3S. The highest BCUT2D eigenvalue weighted by Crippen LogP contribution is 1.78. The summed E-state index contributed by atoms with van der Waals surface area (Å²) < 4.78 is 3.51. The quantitative estimate of drug-likeness (QED) is 0.523. The number of rotatable bonds is 0. The molecule has 3 nitrogen and oxygen atoms in total. The number of hydrogen-bond donors (Lipinski definition) is 0. The van der Waals surface area contributed by atoms with Crippen molar-refractivity contribution >= 4 is 11.5 Å². The molecule has 0 saturated heterocycles. The Kier molecular flexibility index (Phi) is 5.33. The molecule has 42 valence electrons. The smallest absolute Gasteiger partial charge is 0.0620 e. The summed E-state index contributed by atoms with van der Waals surface area (Å²) in [4.78, 5) is 0. The van der Waals surface area contributed by atoms with E-state index in [4.69, 9.17) is 5.26 Å². The van der Waals surface area contributed by atoms with Crippen molar-refractivity contribution in [1.82, 2.24) is 9.59 Å². The summed E-state index contributed by atoms with van der Waals surface area (Å²) in [6, 6.07) is 1.75. The van der Waals surface area contributed by atoms with E-state index in [1.165, 1.54) is 18.5 Å². The minimum absolute atomic E-state index is 1.35. The van der Waals surface area contributed by atoms with E-state index in [1.54, 1.807) is 12.3 Å². The molecule has 1 aromatic rings. The minimum Gasteiger partial charge on any atom is -0.199 e. The molecule has 0 aliphatic heterocycles. The summed E-state index contributed by atoms with van der Waals surface area (Å²) in [7, 11) is 0. The standard InChI is InChI=1S/C2H2N2S.C2H3N/c1-2-5-4-3-1;1-2-3/h1-2H;1H3. The van der Waals surface area contributed by atoms with Gasteiger partial charge < -0.3 is 0 Å². The van der Waals surface area contributed by atoms with Crippen LogP contribution in [0.15, 0.2) is 11.6 Å². The monoisotopic (exact) mass is 127 g/mol. The maximum atomic E-state index is 7.32. The van der Waals surface area contributed by atoms with Crippen LogP contribution in [-0.2, 0) is 0 Å². The lowest BCUT2D eigenvalue weighted by atomic mass is 11.0. The van der Waals surface area contributed by atoms with Crippen LogP contribution in [0.5, 0.6) is 0 Å². The fourth-order valence-electron chi connectivity index (χ4n) is 0.136. The predicted molar refractivity (Wildman–Crippen MR) is 31.2 cm³/mol. The first-order valence-electron chi connectivity index (χ1n) is 1.93. The number of hydrogen-bond acceptors (Lipinski definition) is 4. The lowest BCUT2D eigenvalue weighted by molar-refractivity contribution is 1.16. The number of nitrogens with zero attached hydrogens (tertiary/aromatic N) is 3. The van der Waals surface area contributed by atoms with Gasteiger partial charge in [-0.2, -0.15) is 5.26 Å². The second kappa shape index (κ2) is 6.05. The van der Waals surface area contributed by atoms with Crippen LogP contribution < -0.4 is 0 Å². The Morgan fingerprint density at radius 1 is 1.75 bits per heavy atom. The van der Waals surface area contributed by atoms with Crippen LogP contribution in [0.25, 0.3) is 0 Å². The van der Waals surface area contributed by atoms with Crippen molar-refractivity contribution < 1.29 is 0 Å². The highest BCUT2D eigenvalue weighted by molar-refractivity contribution is 7.03. The zero-order valence-electron chi connectivity index (χ0n) is 4.40. The zero-order chi connectivity index (χ0) is 6.24. The van der Waals surface area contributed by atoms with Gasteiger partial charge >= 0.3 is 0 Å². The first-order chi connectivity index (χ1) is 3.91. The summed E-state index contributed by atoms with van der Waals surface area (Å²) in [5, 5.41) is 12.6. The molecular weight excluding hydrogens is 122 g/mol. The average molecular weight is 127 g/mol. The van der Waals surface area contributed by atoms with E-state index in [1.807, 2.05) is 5.38 Å². The molecule has 0 fully saturated rings. The Hall–Kier alpha value is -0.950. The Morgan fingerprint density at radius 3 is 2.50 bits per heavy atom. The average Bonchev–Trinajstić information content (AvgIpc) is 2.17. The van der Waals surface area contributed by atoms with E-state index in [0.717, 1.165) is 0 Å². The molecule has 1 heterocycles. The molecule has 0 amide bonds. The molecule has 0 saturated carbocycles. The molecule has 0 unspecified atom stereocenters. The largest absolute Gasteiger partial charge is 0.199 e. The van der Waals surface area contributed by atoms with Gasteiger partial charge in [-0.3, -0.25) is 0 Å². The third-order valence-electron chi connectivity index (χ3n) is 0.283. The first-order valence-corrected chi connectivity index (χ1v) is 2.77. The summed E-state index contributed by atoms with van der Waals surface area (Å²) in [5.41, 5.74) is 0. The van der Waals surface area contributed by atoms with E-state index >= 15 is 0 Å². The predicted octanol–water partition coefficient (Wildman–Crippen LogP) is 1.07. The van der Waals surface area contributed by atoms with Crippen molar-refractivity contribution in [1.29, 1.82) is 5.26 Å². The van der Waals surface area contributed by atoms with Gasteiger partial charge in [0.25, 0.3) is 0 Å². The Labute approximate surface area is 51.7 Å². The van der Waals surface area contributed by atoms with Crippen molar-refractivity contribution in [2.24, 2.45) is 0 Å².